The van der Waals surface area contributed by atoms with E-state index in [0.29, 0.717) is 18.4 Å². The van der Waals surface area contributed by atoms with Crippen LogP contribution in [0.2, 0.25) is 5.02 Å². The zero-order valence-electron chi connectivity index (χ0n) is 11.6. The van der Waals surface area contributed by atoms with Gasteiger partial charge in [-0.3, -0.25) is 4.79 Å². The first-order chi connectivity index (χ1) is 9.13. The molecule has 0 aromatic heterocycles. The molecule has 0 unspecified atom stereocenters. The summed E-state index contributed by atoms with van der Waals surface area (Å²) < 4.78 is 13.2. The largest absolute Gasteiger partial charge is 0.299 e. The van der Waals surface area contributed by atoms with Gasteiger partial charge in [0.2, 0.25) is 0 Å². The molecule has 1 aromatic rings. The average molecular weight is 285 g/mol. The van der Waals surface area contributed by atoms with E-state index in [1.54, 1.807) is 6.07 Å². The Labute approximate surface area is 120 Å². The molecule has 0 bridgehead atoms. The Morgan fingerprint density at radius 2 is 1.84 bits per heavy atom. The molecule has 0 aliphatic carbocycles. The van der Waals surface area contributed by atoms with Crippen molar-refractivity contribution in [3.05, 3.63) is 34.6 Å². The molecule has 19 heavy (non-hydrogen) atoms. The van der Waals surface area contributed by atoms with Crippen molar-refractivity contribution in [1.29, 1.82) is 0 Å². The standard InChI is InChI=1S/C16H22ClFO/c1-2-3-4-5-6-7-8-14(19)11-13-9-10-15(17)16(18)12-13/h9-10,12H,2-8,11H2,1H3. The van der Waals surface area contributed by atoms with Crippen LogP contribution in [0.15, 0.2) is 18.2 Å². The Hall–Kier alpha value is -0.890. The molecular formula is C16H22ClFO. The van der Waals surface area contributed by atoms with E-state index in [4.69, 9.17) is 11.6 Å². The summed E-state index contributed by atoms with van der Waals surface area (Å²) in [4.78, 5) is 11.7. The summed E-state index contributed by atoms with van der Waals surface area (Å²) in [5.41, 5.74) is 0.706. The van der Waals surface area contributed by atoms with Crippen LogP contribution in [0.4, 0.5) is 4.39 Å². The van der Waals surface area contributed by atoms with Crippen molar-refractivity contribution in [2.24, 2.45) is 0 Å². The quantitative estimate of drug-likeness (QED) is 0.559. The predicted molar refractivity (Wildman–Crippen MR) is 78.1 cm³/mol. The van der Waals surface area contributed by atoms with Crippen molar-refractivity contribution >= 4 is 17.4 Å². The molecule has 0 aliphatic heterocycles. The van der Waals surface area contributed by atoms with Gasteiger partial charge in [0.25, 0.3) is 0 Å². The summed E-state index contributed by atoms with van der Waals surface area (Å²) >= 11 is 5.60. The Balaban J connectivity index is 2.21. The molecule has 0 heterocycles. The van der Waals surface area contributed by atoms with Crippen LogP contribution in [0, 0.1) is 5.82 Å². The molecule has 0 aliphatic rings. The van der Waals surface area contributed by atoms with E-state index >= 15 is 0 Å². The lowest BCUT2D eigenvalue weighted by molar-refractivity contribution is -0.118. The van der Waals surface area contributed by atoms with Crippen molar-refractivity contribution in [1.82, 2.24) is 0 Å². The van der Waals surface area contributed by atoms with E-state index in [9.17, 15) is 9.18 Å². The van der Waals surface area contributed by atoms with Gasteiger partial charge in [0.05, 0.1) is 5.02 Å². The summed E-state index contributed by atoms with van der Waals surface area (Å²) in [6, 6.07) is 4.57. The molecule has 0 fully saturated rings. The Kier molecular flexibility index (Phi) is 7.73. The van der Waals surface area contributed by atoms with Crippen molar-refractivity contribution < 1.29 is 9.18 Å². The summed E-state index contributed by atoms with van der Waals surface area (Å²) in [6.45, 7) is 2.19. The highest BCUT2D eigenvalue weighted by Crippen LogP contribution is 2.16. The summed E-state index contributed by atoms with van der Waals surface area (Å²) in [7, 11) is 0. The molecule has 1 aromatic carbocycles. The first-order valence-electron chi connectivity index (χ1n) is 7.09. The second kappa shape index (κ2) is 9.08. The Morgan fingerprint density at radius 3 is 2.53 bits per heavy atom. The zero-order valence-corrected chi connectivity index (χ0v) is 12.3. The highest BCUT2D eigenvalue weighted by Gasteiger charge is 2.06. The molecular weight excluding hydrogens is 263 g/mol. The molecule has 1 nitrogen and oxygen atoms in total. The van der Waals surface area contributed by atoms with Crippen LogP contribution in [0.3, 0.4) is 0 Å². The van der Waals surface area contributed by atoms with Crippen LogP contribution >= 0.6 is 11.6 Å². The first-order valence-corrected chi connectivity index (χ1v) is 7.47. The second-order valence-corrected chi connectivity index (χ2v) is 5.39. The monoisotopic (exact) mass is 284 g/mol. The third-order valence-electron chi connectivity index (χ3n) is 3.19. The molecule has 0 saturated carbocycles. The van der Waals surface area contributed by atoms with E-state index in [2.05, 4.69) is 6.92 Å². The Morgan fingerprint density at radius 1 is 1.16 bits per heavy atom. The van der Waals surface area contributed by atoms with Crippen LogP contribution in [-0.2, 0) is 11.2 Å². The normalized spacial score (nSPS) is 10.7. The van der Waals surface area contributed by atoms with Gasteiger partial charge >= 0.3 is 0 Å². The molecule has 3 heteroatoms. The van der Waals surface area contributed by atoms with Crippen LogP contribution in [0.5, 0.6) is 0 Å². The minimum absolute atomic E-state index is 0.104. The molecule has 106 valence electrons. The van der Waals surface area contributed by atoms with Gasteiger partial charge in [-0.25, -0.2) is 4.39 Å². The van der Waals surface area contributed by atoms with Crippen LogP contribution in [0.25, 0.3) is 0 Å². The average Bonchev–Trinajstić information content (AvgIpc) is 2.38. The number of carbonyl (C=O) groups excluding carboxylic acids is 1. The fourth-order valence-electron chi connectivity index (χ4n) is 2.07. The van der Waals surface area contributed by atoms with Gasteiger partial charge in [-0.1, -0.05) is 56.7 Å². The third kappa shape index (κ3) is 6.72. The maximum atomic E-state index is 13.2. The van der Waals surface area contributed by atoms with Crippen molar-refractivity contribution in [3.8, 4) is 0 Å². The van der Waals surface area contributed by atoms with Crippen molar-refractivity contribution in [2.45, 2.75) is 58.3 Å². The topological polar surface area (TPSA) is 17.1 Å². The second-order valence-electron chi connectivity index (χ2n) is 4.98. The predicted octanol–water partition coefficient (Wildman–Crippen LogP) is 5.34. The summed E-state index contributed by atoms with van der Waals surface area (Å²) in [5, 5.41) is 0.104. The fraction of sp³-hybridized carbons (Fsp3) is 0.562. The third-order valence-corrected chi connectivity index (χ3v) is 3.50. The number of Topliss-reactive ketones (excluding diaryl/α,β-unsaturated/α-hetero) is 1. The van der Waals surface area contributed by atoms with Gasteiger partial charge in [-0.2, -0.15) is 0 Å². The number of ketones is 1. The highest BCUT2D eigenvalue weighted by molar-refractivity contribution is 6.30. The molecule has 0 N–H and O–H groups in total. The first kappa shape index (κ1) is 16.2. The molecule has 0 saturated heterocycles. The Bertz CT molecular complexity index is 404. The van der Waals surface area contributed by atoms with Gasteiger partial charge in [-0.15, -0.1) is 0 Å². The van der Waals surface area contributed by atoms with Gasteiger partial charge in [-0.05, 0) is 24.1 Å². The fourth-order valence-corrected chi connectivity index (χ4v) is 2.19. The smallest absolute Gasteiger partial charge is 0.142 e. The highest BCUT2D eigenvalue weighted by atomic mass is 35.5. The number of hydrogen-bond acceptors (Lipinski definition) is 1. The minimum Gasteiger partial charge on any atom is -0.299 e. The molecule has 1 rings (SSSR count). The van der Waals surface area contributed by atoms with E-state index in [-0.39, 0.29) is 10.8 Å². The lowest BCUT2D eigenvalue weighted by Gasteiger charge is -2.03. The number of hydrogen-bond donors (Lipinski definition) is 0. The van der Waals surface area contributed by atoms with Gasteiger partial charge < -0.3 is 0 Å². The molecule has 0 atom stereocenters. The zero-order chi connectivity index (χ0) is 14.1. The maximum absolute atomic E-state index is 13.2. The van der Waals surface area contributed by atoms with Crippen molar-refractivity contribution in [2.75, 3.05) is 0 Å². The van der Waals surface area contributed by atoms with Gasteiger partial charge in [0, 0.05) is 12.8 Å². The van der Waals surface area contributed by atoms with E-state index in [0.717, 1.165) is 12.8 Å². The van der Waals surface area contributed by atoms with Crippen molar-refractivity contribution in [3.63, 3.8) is 0 Å². The number of rotatable bonds is 9. The van der Waals surface area contributed by atoms with Crippen LogP contribution < -0.4 is 0 Å². The SMILES string of the molecule is CCCCCCCCC(=O)Cc1ccc(Cl)c(F)c1. The maximum Gasteiger partial charge on any atom is 0.142 e. The number of carbonyl (C=O) groups is 1. The summed E-state index contributed by atoms with van der Waals surface area (Å²) in [5.74, 6) is -0.274. The number of unbranched alkanes of at least 4 members (excludes halogenated alkanes) is 5. The van der Waals surface area contributed by atoms with Gasteiger partial charge in [0.15, 0.2) is 0 Å². The van der Waals surface area contributed by atoms with Gasteiger partial charge in [0.1, 0.15) is 11.6 Å². The number of halogens is 2. The lowest BCUT2D eigenvalue weighted by Crippen LogP contribution is -2.02. The van der Waals surface area contributed by atoms with Crippen LogP contribution in [-0.4, -0.2) is 5.78 Å². The van der Waals surface area contributed by atoms with Crippen LogP contribution in [0.1, 0.15) is 57.4 Å². The lowest BCUT2D eigenvalue weighted by atomic mass is 10.0. The minimum atomic E-state index is -0.452. The van der Waals surface area contributed by atoms with E-state index in [1.807, 2.05) is 0 Å². The number of benzene rings is 1. The molecule has 0 amide bonds. The molecule has 0 spiro atoms. The van der Waals surface area contributed by atoms with E-state index < -0.39 is 5.82 Å². The van der Waals surface area contributed by atoms with E-state index in [1.165, 1.54) is 37.8 Å². The summed E-state index contributed by atoms with van der Waals surface area (Å²) in [6.07, 6.45) is 7.93. The molecule has 0 radical (unpaired) electrons.